The normalized spacial score (nSPS) is 16.2. The lowest BCUT2D eigenvalue weighted by Gasteiger charge is -2.27. The van der Waals surface area contributed by atoms with Crippen molar-refractivity contribution in [2.45, 2.75) is 91.6 Å². The highest BCUT2D eigenvalue weighted by atomic mass is 16.2. The van der Waals surface area contributed by atoms with E-state index in [4.69, 9.17) is 0 Å². The highest BCUT2D eigenvalue weighted by molar-refractivity contribution is 5.84. The van der Waals surface area contributed by atoms with Gasteiger partial charge in [0.05, 0.1) is 0 Å². The average Bonchev–Trinajstić information content (AvgIpc) is 2.85. The first-order valence-corrected chi connectivity index (χ1v) is 13.1. The molecule has 2 aromatic rings. The van der Waals surface area contributed by atoms with Crippen LogP contribution in [0.25, 0.3) is 0 Å². The number of carbonyl (C=O) groups excluding carboxylic acids is 2. The number of amides is 2. The van der Waals surface area contributed by atoms with Crippen molar-refractivity contribution < 1.29 is 9.59 Å². The van der Waals surface area contributed by atoms with Crippen LogP contribution in [0.15, 0.2) is 36.4 Å². The van der Waals surface area contributed by atoms with E-state index < -0.39 is 5.41 Å². The smallest absolute Gasteiger partial charge is 0.225 e. The molecule has 0 heterocycles. The van der Waals surface area contributed by atoms with Crippen LogP contribution in [0, 0.1) is 11.3 Å². The zero-order valence-corrected chi connectivity index (χ0v) is 21.1. The summed E-state index contributed by atoms with van der Waals surface area (Å²) in [7, 11) is 0. The number of rotatable bonds is 8. The van der Waals surface area contributed by atoms with Crippen LogP contribution in [0.3, 0.4) is 0 Å². The van der Waals surface area contributed by atoms with Gasteiger partial charge in [0.1, 0.15) is 0 Å². The molecule has 4 heteroatoms. The first-order chi connectivity index (χ1) is 16.3. The summed E-state index contributed by atoms with van der Waals surface area (Å²) >= 11 is 0. The van der Waals surface area contributed by atoms with Gasteiger partial charge in [-0.15, -0.1) is 0 Å². The van der Waals surface area contributed by atoms with Crippen molar-refractivity contribution in [3.8, 4) is 0 Å². The fourth-order valence-corrected chi connectivity index (χ4v) is 5.53. The van der Waals surface area contributed by atoms with Gasteiger partial charge in [-0.2, -0.15) is 0 Å². The molecule has 0 aliphatic heterocycles. The predicted molar refractivity (Wildman–Crippen MR) is 137 cm³/mol. The van der Waals surface area contributed by atoms with Crippen LogP contribution in [-0.4, -0.2) is 11.8 Å². The topological polar surface area (TPSA) is 58.2 Å². The van der Waals surface area contributed by atoms with Gasteiger partial charge in [0.15, 0.2) is 0 Å². The van der Waals surface area contributed by atoms with E-state index in [1.165, 1.54) is 60.8 Å². The highest BCUT2D eigenvalue weighted by Gasteiger charge is 2.31. The number of aryl methyl sites for hydroxylation is 4. The molecule has 4 nitrogen and oxygen atoms in total. The summed E-state index contributed by atoms with van der Waals surface area (Å²) in [6.07, 6.45) is 10.2. The maximum Gasteiger partial charge on any atom is 0.225 e. The summed E-state index contributed by atoms with van der Waals surface area (Å²) in [5.41, 5.74) is 7.47. The summed E-state index contributed by atoms with van der Waals surface area (Å²) < 4.78 is 0. The third-order valence-electron chi connectivity index (χ3n) is 7.62. The van der Waals surface area contributed by atoms with Gasteiger partial charge < -0.3 is 10.6 Å². The first kappa shape index (κ1) is 24.5. The summed E-state index contributed by atoms with van der Waals surface area (Å²) in [5, 5.41) is 6.19. The van der Waals surface area contributed by atoms with Crippen molar-refractivity contribution >= 4 is 11.8 Å². The average molecular weight is 461 g/mol. The summed E-state index contributed by atoms with van der Waals surface area (Å²) in [6, 6.07) is 13.2. The van der Waals surface area contributed by atoms with E-state index in [1.54, 1.807) is 0 Å². The van der Waals surface area contributed by atoms with E-state index in [1.807, 2.05) is 20.8 Å². The van der Waals surface area contributed by atoms with Crippen LogP contribution in [0.4, 0.5) is 0 Å². The molecule has 182 valence electrons. The Bertz CT molecular complexity index is 1040. The second-order valence-corrected chi connectivity index (χ2v) is 11.0. The second-order valence-electron chi connectivity index (χ2n) is 11.0. The quantitative estimate of drug-likeness (QED) is 0.552. The molecule has 1 unspecified atom stereocenters. The molecular formula is C30H40N2O2. The maximum atomic E-state index is 13.0. The highest BCUT2D eigenvalue weighted by Crippen LogP contribution is 2.27. The molecule has 0 spiro atoms. The third kappa shape index (κ3) is 6.08. The molecule has 0 saturated carbocycles. The molecule has 2 amide bonds. The molecule has 4 rings (SSSR count). The molecule has 0 bridgehead atoms. The Morgan fingerprint density at radius 1 is 0.765 bits per heavy atom. The van der Waals surface area contributed by atoms with Gasteiger partial charge in [0, 0.05) is 24.4 Å². The van der Waals surface area contributed by atoms with Gasteiger partial charge >= 0.3 is 0 Å². The fourth-order valence-electron chi connectivity index (χ4n) is 5.53. The molecular weight excluding hydrogens is 420 g/mol. The minimum atomic E-state index is -0.614. The Labute approximate surface area is 204 Å². The monoisotopic (exact) mass is 460 g/mol. The van der Waals surface area contributed by atoms with E-state index in [0.29, 0.717) is 19.5 Å². The van der Waals surface area contributed by atoms with Gasteiger partial charge in [-0.3, -0.25) is 9.59 Å². The number of hydrogen-bond donors (Lipinski definition) is 2. The van der Waals surface area contributed by atoms with Crippen LogP contribution in [-0.2, 0) is 48.4 Å². The Morgan fingerprint density at radius 2 is 1.24 bits per heavy atom. The van der Waals surface area contributed by atoms with E-state index in [0.717, 1.165) is 24.0 Å². The SMILES string of the molecule is CC(CC(C)(C)C(=O)NCc1ccc2c(c1)CCCC2)C(=O)NCc1ccc2c(c1)CCCC2. The summed E-state index contributed by atoms with van der Waals surface area (Å²) in [4.78, 5) is 25.7. The van der Waals surface area contributed by atoms with E-state index in [2.05, 4.69) is 47.0 Å². The van der Waals surface area contributed by atoms with Crippen LogP contribution >= 0.6 is 0 Å². The van der Waals surface area contributed by atoms with Gasteiger partial charge in [0.2, 0.25) is 11.8 Å². The molecule has 34 heavy (non-hydrogen) atoms. The molecule has 0 aromatic heterocycles. The predicted octanol–water partition coefficient (Wildman–Crippen LogP) is 5.43. The molecule has 0 fully saturated rings. The minimum absolute atomic E-state index is 0.000409. The molecule has 0 saturated heterocycles. The van der Waals surface area contributed by atoms with Crippen molar-refractivity contribution in [2.75, 3.05) is 0 Å². The minimum Gasteiger partial charge on any atom is -0.352 e. The number of hydrogen-bond acceptors (Lipinski definition) is 2. The van der Waals surface area contributed by atoms with Crippen LogP contribution in [0.2, 0.25) is 0 Å². The van der Waals surface area contributed by atoms with Crippen molar-refractivity contribution in [2.24, 2.45) is 11.3 Å². The van der Waals surface area contributed by atoms with Crippen molar-refractivity contribution in [1.29, 1.82) is 0 Å². The summed E-state index contributed by atoms with van der Waals surface area (Å²) in [6.45, 7) is 6.86. The lowest BCUT2D eigenvalue weighted by atomic mass is 9.82. The maximum absolute atomic E-state index is 13.0. The second kappa shape index (κ2) is 10.8. The number of fused-ring (bicyclic) bond motifs is 2. The van der Waals surface area contributed by atoms with Gasteiger partial charge in [-0.1, -0.05) is 57.2 Å². The van der Waals surface area contributed by atoms with E-state index in [-0.39, 0.29) is 17.7 Å². The number of carbonyl (C=O) groups is 2. The van der Waals surface area contributed by atoms with E-state index in [9.17, 15) is 9.59 Å². The lowest BCUT2D eigenvalue weighted by molar-refractivity contribution is -0.132. The Morgan fingerprint density at radius 3 is 1.76 bits per heavy atom. The molecule has 1 atom stereocenters. The fraction of sp³-hybridized carbons (Fsp3) is 0.533. The third-order valence-corrected chi connectivity index (χ3v) is 7.62. The molecule has 0 radical (unpaired) electrons. The van der Waals surface area contributed by atoms with Gasteiger partial charge in [0.25, 0.3) is 0 Å². The first-order valence-electron chi connectivity index (χ1n) is 13.1. The zero-order chi connectivity index (χ0) is 24.1. The van der Waals surface area contributed by atoms with Crippen molar-refractivity contribution in [3.05, 3.63) is 69.8 Å². The van der Waals surface area contributed by atoms with Crippen LogP contribution in [0.1, 0.15) is 86.3 Å². The summed E-state index contributed by atoms with van der Waals surface area (Å²) in [5.74, 6) is -0.227. The Kier molecular flexibility index (Phi) is 7.75. The van der Waals surface area contributed by atoms with Gasteiger partial charge in [-0.05, 0) is 91.2 Å². The molecule has 2 N–H and O–H groups in total. The van der Waals surface area contributed by atoms with Gasteiger partial charge in [-0.25, -0.2) is 0 Å². The molecule has 2 aliphatic carbocycles. The van der Waals surface area contributed by atoms with Crippen LogP contribution < -0.4 is 10.6 Å². The molecule has 2 aromatic carbocycles. The number of benzene rings is 2. The molecule has 2 aliphatic rings. The largest absolute Gasteiger partial charge is 0.352 e. The van der Waals surface area contributed by atoms with E-state index >= 15 is 0 Å². The Balaban J connectivity index is 1.26. The lowest BCUT2D eigenvalue weighted by Crippen LogP contribution is -2.40. The van der Waals surface area contributed by atoms with Crippen molar-refractivity contribution in [1.82, 2.24) is 10.6 Å². The number of nitrogens with one attached hydrogen (secondary N) is 2. The van der Waals surface area contributed by atoms with Crippen molar-refractivity contribution in [3.63, 3.8) is 0 Å². The van der Waals surface area contributed by atoms with Crippen LogP contribution in [0.5, 0.6) is 0 Å². The standard InChI is InChI=1S/C30H40N2O2/c1-21(28(33)31-19-22-12-14-24-8-4-6-10-26(24)16-22)18-30(2,3)29(34)32-20-23-13-15-25-9-5-7-11-27(25)17-23/h12-17,21H,4-11,18-20H2,1-3H3,(H,31,33)(H,32,34). The zero-order valence-electron chi connectivity index (χ0n) is 21.1. The Hall–Kier alpha value is -2.62.